The molecule has 0 aromatic carbocycles. The van der Waals surface area contributed by atoms with Gasteiger partial charge in [-0.1, -0.05) is 12.8 Å². The first-order valence-corrected chi connectivity index (χ1v) is 6.91. The molecule has 1 fully saturated rings. The van der Waals surface area contributed by atoms with Gasteiger partial charge in [0.05, 0.1) is 6.33 Å². The van der Waals surface area contributed by atoms with E-state index in [1.54, 1.807) is 12.5 Å². The molecule has 1 aliphatic rings. The van der Waals surface area contributed by atoms with Gasteiger partial charge < -0.3 is 19.9 Å². The molecule has 7 heteroatoms. The molecule has 7 nitrogen and oxygen atoms in total. The van der Waals surface area contributed by atoms with Gasteiger partial charge >= 0.3 is 12.0 Å². The number of carbonyl (C=O) groups excluding carboxylic acids is 1. The number of urea groups is 1. The number of hydrogen-bond donors (Lipinski definition) is 2. The molecule has 1 aromatic heterocycles. The first-order valence-electron chi connectivity index (χ1n) is 6.91. The zero-order valence-electron chi connectivity index (χ0n) is 11.4. The van der Waals surface area contributed by atoms with Crippen LogP contribution in [0.1, 0.15) is 25.7 Å². The van der Waals surface area contributed by atoms with Gasteiger partial charge in [-0.05, 0) is 12.8 Å². The van der Waals surface area contributed by atoms with Crippen molar-refractivity contribution in [1.29, 1.82) is 0 Å². The number of nitrogens with one attached hydrogen (secondary N) is 1. The fraction of sp³-hybridized carbons (Fsp3) is 0.615. The Morgan fingerprint density at radius 2 is 2.20 bits per heavy atom. The van der Waals surface area contributed by atoms with Crippen molar-refractivity contribution in [2.75, 3.05) is 13.1 Å². The molecule has 1 unspecified atom stereocenters. The van der Waals surface area contributed by atoms with E-state index in [-0.39, 0.29) is 6.03 Å². The lowest BCUT2D eigenvalue weighted by Crippen LogP contribution is -2.49. The van der Waals surface area contributed by atoms with E-state index in [0.29, 0.717) is 26.1 Å². The first kappa shape index (κ1) is 14.4. The Morgan fingerprint density at radius 3 is 2.90 bits per heavy atom. The molecule has 2 N–H and O–H groups in total. The number of carbonyl (C=O) groups is 2. The van der Waals surface area contributed by atoms with E-state index in [1.165, 1.54) is 4.90 Å². The second-order valence-corrected chi connectivity index (χ2v) is 4.93. The molecule has 2 heterocycles. The molecule has 1 atom stereocenters. The Kier molecular flexibility index (Phi) is 4.97. The van der Waals surface area contributed by atoms with E-state index >= 15 is 0 Å². The number of aliphatic carboxylic acids is 1. The molecule has 110 valence electrons. The fourth-order valence-electron chi connectivity index (χ4n) is 2.42. The summed E-state index contributed by atoms with van der Waals surface area (Å²) in [7, 11) is 0. The Bertz CT molecular complexity index is 446. The molecular formula is C13H20N4O3. The number of aromatic nitrogens is 2. The first-order chi connectivity index (χ1) is 9.68. The molecule has 0 saturated carbocycles. The van der Waals surface area contributed by atoms with Crippen molar-refractivity contribution in [2.24, 2.45) is 0 Å². The van der Waals surface area contributed by atoms with Crippen LogP contribution in [-0.2, 0) is 11.3 Å². The molecule has 0 radical (unpaired) electrons. The van der Waals surface area contributed by atoms with Crippen molar-refractivity contribution in [3.05, 3.63) is 18.7 Å². The number of carboxylic acids is 1. The maximum atomic E-state index is 12.1. The molecule has 2 rings (SSSR count). The van der Waals surface area contributed by atoms with Crippen molar-refractivity contribution < 1.29 is 14.7 Å². The van der Waals surface area contributed by atoms with E-state index < -0.39 is 12.0 Å². The zero-order valence-corrected chi connectivity index (χ0v) is 11.4. The number of rotatable bonds is 4. The topological polar surface area (TPSA) is 87.5 Å². The van der Waals surface area contributed by atoms with Crippen LogP contribution in [0.3, 0.4) is 0 Å². The minimum atomic E-state index is -0.920. The molecule has 0 aliphatic carbocycles. The van der Waals surface area contributed by atoms with Gasteiger partial charge in [0, 0.05) is 32.0 Å². The fourth-order valence-corrected chi connectivity index (χ4v) is 2.42. The minimum Gasteiger partial charge on any atom is -0.480 e. The Labute approximate surface area is 117 Å². The van der Waals surface area contributed by atoms with Crippen LogP contribution in [-0.4, -0.2) is 50.7 Å². The standard InChI is InChI=1S/C13H20N4O3/c18-12(19)11-4-2-1-3-7-17(11)13(20)15-6-9-16-8-5-14-10-16/h5,8,10-11H,1-4,6-7,9H2,(H,15,20)(H,18,19). The summed E-state index contributed by atoms with van der Waals surface area (Å²) in [6.07, 6.45) is 8.40. The van der Waals surface area contributed by atoms with E-state index in [1.807, 2.05) is 10.8 Å². The van der Waals surface area contributed by atoms with Gasteiger partial charge in [0.25, 0.3) is 0 Å². The summed E-state index contributed by atoms with van der Waals surface area (Å²) >= 11 is 0. The number of imidazole rings is 1. The van der Waals surface area contributed by atoms with Gasteiger partial charge in [-0.25, -0.2) is 14.6 Å². The molecule has 0 bridgehead atoms. The van der Waals surface area contributed by atoms with Crippen molar-refractivity contribution >= 4 is 12.0 Å². The van der Waals surface area contributed by atoms with Crippen LogP contribution in [0.4, 0.5) is 4.79 Å². The molecule has 1 aromatic rings. The van der Waals surface area contributed by atoms with Crippen LogP contribution in [0, 0.1) is 0 Å². The second kappa shape index (κ2) is 6.93. The van der Waals surface area contributed by atoms with Crippen LogP contribution in [0.2, 0.25) is 0 Å². The van der Waals surface area contributed by atoms with Crippen LogP contribution in [0.5, 0.6) is 0 Å². The van der Waals surface area contributed by atoms with Gasteiger partial charge in [-0.3, -0.25) is 0 Å². The van der Waals surface area contributed by atoms with Gasteiger partial charge in [-0.2, -0.15) is 0 Å². The number of nitrogens with zero attached hydrogens (tertiary/aromatic N) is 3. The normalized spacial score (nSPS) is 19.4. The molecule has 0 spiro atoms. The predicted molar refractivity (Wildman–Crippen MR) is 72.2 cm³/mol. The van der Waals surface area contributed by atoms with E-state index in [2.05, 4.69) is 10.3 Å². The van der Waals surface area contributed by atoms with E-state index in [9.17, 15) is 14.7 Å². The lowest BCUT2D eigenvalue weighted by Gasteiger charge is -2.27. The number of hydrogen-bond acceptors (Lipinski definition) is 3. The zero-order chi connectivity index (χ0) is 14.4. The van der Waals surface area contributed by atoms with Crippen molar-refractivity contribution in [2.45, 2.75) is 38.3 Å². The highest BCUT2D eigenvalue weighted by atomic mass is 16.4. The monoisotopic (exact) mass is 280 g/mol. The summed E-state index contributed by atoms with van der Waals surface area (Å²) in [6, 6.07) is -0.995. The van der Waals surface area contributed by atoms with E-state index in [0.717, 1.165) is 19.3 Å². The van der Waals surface area contributed by atoms with Gasteiger partial charge in [0.2, 0.25) is 0 Å². The molecule has 1 aliphatic heterocycles. The van der Waals surface area contributed by atoms with Crippen LogP contribution < -0.4 is 5.32 Å². The summed E-state index contributed by atoms with van der Waals surface area (Å²) in [5, 5.41) is 12.0. The Balaban J connectivity index is 1.86. The lowest BCUT2D eigenvalue weighted by atomic mass is 10.1. The molecular weight excluding hydrogens is 260 g/mol. The molecule has 2 amide bonds. The highest BCUT2D eigenvalue weighted by Gasteiger charge is 2.30. The average molecular weight is 280 g/mol. The predicted octanol–water partition coefficient (Wildman–Crippen LogP) is 0.922. The Morgan fingerprint density at radius 1 is 1.35 bits per heavy atom. The van der Waals surface area contributed by atoms with Gasteiger partial charge in [-0.15, -0.1) is 0 Å². The number of carboxylic acid groups (broad SMARTS) is 1. The summed E-state index contributed by atoms with van der Waals surface area (Å²) in [6.45, 7) is 1.59. The Hall–Kier alpha value is -2.05. The van der Waals surface area contributed by atoms with Crippen LogP contribution in [0.15, 0.2) is 18.7 Å². The highest BCUT2D eigenvalue weighted by molar-refractivity contribution is 5.82. The number of likely N-dealkylation sites (tertiary alicyclic amines) is 1. The third-order valence-electron chi connectivity index (χ3n) is 3.50. The quantitative estimate of drug-likeness (QED) is 0.858. The largest absolute Gasteiger partial charge is 0.480 e. The SMILES string of the molecule is O=C(O)C1CCCCCN1C(=O)NCCn1ccnc1. The summed E-state index contributed by atoms with van der Waals surface area (Å²) < 4.78 is 1.86. The maximum Gasteiger partial charge on any atom is 0.326 e. The van der Waals surface area contributed by atoms with E-state index in [4.69, 9.17) is 0 Å². The maximum absolute atomic E-state index is 12.1. The van der Waals surface area contributed by atoms with Gasteiger partial charge in [0.15, 0.2) is 0 Å². The van der Waals surface area contributed by atoms with Crippen LogP contribution in [0.25, 0.3) is 0 Å². The number of amides is 2. The smallest absolute Gasteiger partial charge is 0.326 e. The second-order valence-electron chi connectivity index (χ2n) is 4.93. The minimum absolute atomic E-state index is 0.292. The average Bonchev–Trinajstić information content (AvgIpc) is 2.80. The third-order valence-corrected chi connectivity index (χ3v) is 3.50. The molecule has 1 saturated heterocycles. The lowest BCUT2D eigenvalue weighted by molar-refractivity contribution is -0.142. The summed E-state index contributed by atoms with van der Waals surface area (Å²) in [4.78, 5) is 28.7. The summed E-state index contributed by atoms with van der Waals surface area (Å²) in [5.41, 5.74) is 0. The van der Waals surface area contributed by atoms with Crippen molar-refractivity contribution in [3.63, 3.8) is 0 Å². The molecule has 20 heavy (non-hydrogen) atoms. The third kappa shape index (κ3) is 3.72. The summed E-state index contributed by atoms with van der Waals surface area (Å²) in [5.74, 6) is -0.920. The van der Waals surface area contributed by atoms with Crippen molar-refractivity contribution in [3.8, 4) is 0 Å². The van der Waals surface area contributed by atoms with Gasteiger partial charge in [0.1, 0.15) is 6.04 Å². The van der Waals surface area contributed by atoms with Crippen molar-refractivity contribution in [1.82, 2.24) is 19.8 Å². The van der Waals surface area contributed by atoms with Crippen LogP contribution >= 0.6 is 0 Å². The highest BCUT2D eigenvalue weighted by Crippen LogP contribution is 2.17.